The highest BCUT2D eigenvalue weighted by molar-refractivity contribution is 6.31. The van der Waals surface area contributed by atoms with Crippen molar-refractivity contribution in [1.29, 1.82) is 5.26 Å². The highest BCUT2D eigenvalue weighted by Crippen LogP contribution is 2.35. The molecule has 1 aliphatic heterocycles. The van der Waals surface area contributed by atoms with Crippen molar-refractivity contribution in [2.45, 2.75) is 25.2 Å². The molecule has 168 valence electrons. The third kappa shape index (κ3) is 4.89. The molecule has 1 aliphatic rings. The van der Waals surface area contributed by atoms with Gasteiger partial charge in [0.25, 0.3) is 0 Å². The maximum Gasteiger partial charge on any atom is 0.434 e. The molecule has 3 rings (SSSR count). The van der Waals surface area contributed by atoms with Crippen molar-refractivity contribution in [3.8, 4) is 6.07 Å². The van der Waals surface area contributed by atoms with Crippen LogP contribution >= 0.6 is 23.2 Å². The highest BCUT2D eigenvalue weighted by Gasteiger charge is 2.36. The lowest BCUT2D eigenvalue weighted by Gasteiger charge is -2.34. The molecule has 7 nitrogen and oxygen atoms in total. The standard InChI is InChI=1S/C20H16Cl2F3N5O2/c1-10-18(31)27-4-5-30(10)19(32)29-16(11-2-3-14(21)12(6-11)8-26)13-7-15(22)17(28-9-13)20(23,24)25/h2-3,6-7,9-10,16H,4-5H2,1H3,(H,27,31)(H,29,32)/t10-,16?/m1/s1. The van der Waals surface area contributed by atoms with Gasteiger partial charge in [-0.05, 0) is 36.2 Å². The minimum atomic E-state index is -4.75. The minimum absolute atomic E-state index is 0.111. The maximum atomic E-state index is 13.1. The van der Waals surface area contributed by atoms with Gasteiger partial charge in [-0.25, -0.2) is 9.78 Å². The molecule has 0 bridgehead atoms. The van der Waals surface area contributed by atoms with Crippen LogP contribution in [0.15, 0.2) is 30.5 Å². The second-order valence-electron chi connectivity index (χ2n) is 6.99. The number of carbonyl (C=O) groups is 2. The number of hydrogen-bond acceptors (Lipinski definition) is 4. The molecule has 1 saturated heterocycles. The van der Waals surface area contributed by atoms with E-state index in [0.717, 1.165) is 12.3 Å². The third-order valence-electron chi connectivity index (χ3n) is 4.94. The minimum Gasteiger partial charge on any atom is -0.353 e. The Bertz CT molecular complexity index is 1100. The van der Waals surface area contributed by atoms with E-state index in [1.165, 1.54) is 23.1 Å². The second-order valence-corrected chi connectivity index (χ2v) is 7.81. The molecule has 0 saturated carbocycles. The summed E-state index contributed by atoms with van der Waals surface area (Å²) in [6, 6.07) is 4.94. The van der Waals surface area contributed by atoms with E-state index in [-0.39, 0.29) is 35.1 Å². The Kier molecular flexibility index (Phi) is 6.81. The number of alkyl halides is 3. The van der Waals surface area contributed by atoms with E-state index in [4.69, 9.17) is 23.2 Å². The van der Waals surface area contributed by atoms with Crippen molar-refractivity contribution >= 4 is 35.1 Å². The topological polar surface area (TPSA) is 98.1 Å². The number of amides is 3. The molecule has 32 heavy (non-hydrogen) atoms. The highest BCUT2D eigenvalue weighted by atomic mass is 35.5. The van der Waals surface area contributed by atoms with Gasteiger partial charge in [-0.1, -0.05) is 29.3 Å². The van der Waals surface area contributed by atoms with Crippen LogP contribution < -0.4 is 10.6 Å². The average Bonchev–Trinajstić information content (AvgIpc) is 2.73. The van der Waals surface area contributed by atoms with Crippen molar-refractivity contribution in [1.82, 2.24) is 20.5 Å². The van der Waals surface area contributed by atoms with Gasteiger partial charge in [0.15, 0.2) is 5.69 Å². The van der Waals surface area contributed by atoms with Crippen molar-refractivity contribution in [3.05, 3.63) is 62.9 Å². The van der Waals surface area contributed by atoms with Crippen molar-refractivity contribution in [2.75, 3.05) is 13.1 Å². The average molecular weight is 486 g/mol. The maximum absolute atomic E-state index is 13.1. The Balaban J connectivity index is 2.02. The van der Waals surface area contributed by atoms with E-state index in [2.05, 4.69) is 15.6 Å². The summed E-state index contributed by atoms with van der Waals surface area (Å²) >= 11 is 11.8. The number of nitrogens with zero attached hydrogens (tertiary/aromatic N) is 3. The van der Waals surface area contributed by atoms with E-state index in [9.17, 15) is 28.0 Å². The molecule has 0 radical (unpaired) electrons. The van der Waals surface area contributed by atoms with E-state index in [1.54, 1.807) is 6.92 Å². The van der Waals surface area contributed by atoms with E-state index < -0.39 is 35.0 Å². The number of rotatable bonds is 3. The summed E-state index contributed by atoms with van der Waals surface area (Å²) in [5, 5.41) is 14.1. The molecule has 2 atom stereocenters. The number of hydrogen-bond donors (Lipinski definition) is 2. The summed E-state index contributed by atoms with van der Waals surface area (Å²) in [7, 11) is 0. The molecule has 2 N–H and O–H groups in total. The van der Waals surface area contributed by atoms with Crippen LogP contribution in [0.3, 0.4) is 0 Å². The Hall–Kier alpha value is -3.03. The van der Waals surface area contributed by atoms with Gasteiger partial charge < -0.3 is 15.5 Å². The van der Waals surface area contributed by atoms with Gasteiger partial charge in [-0.3, -0.25) is 4.79 Å². The predicted molar refractivity (Wildman–Crippen MR) is 110 cm³/mol. The summed E-state index contributed by atoms with van der Waals surface area (Å²) in [5.74, 6) is -0.333. The molecule has 0 aliphatic carbocycles. The van der Waals surface area contributed by atoms with Crippen LogP contribution in [-0.4, -0.2) is 41.0 Å². The van der Waals surface area contributed by atoms with Gasteiger partial charge in [0, 0.05) is 19.3 Å². The first kappa shape index (κ1) is 23.6. The van der Waals surface area contributed by atoms with Crippen LogP contribution in [0.4, 0.5) is 18.0 Å². The van der Waals surface area contributed by atoms with Gasteiger partial charge in [-0.15, -0.1) is 0 Å². The Morgan fingerprint density at radius 2 is 2.03 bits per heavy atom. The fourth-order valence-electron chi connectivity index (χ4n) is 3.25. The number of carbonyl (C=O) groups excluding carboxylic acids is 2. The summed E-state index contributed by atoms with van der Waals surface area (Å²) < 4.78 is 39.2. The molecule has 1 unspecified atom stereocenters. The fraction of sp³-hybridized carbons (Fsp3) is 0.300. The number of halogens is 5. The van der Waals surface area contributed by atoms with Crippen LogP contribution in [0.25, 0.3) is 0 Å². The van der Waals surface area contributed by atoms with Crippen LogP contribution in [0.2, 0.25) is 10.0 Å². The first-order chi connectivity index (χ1) is 15.0. The number of urea groups is 1. The number of nitrogens with one attached hydrogen (secondary N) is 2. The van der Waals surface area contributed by atoms with Crippen LogP contribution in [-0.2, 0) is 11.0 Å². The van der Waals surface area contributed by atoms with Gasteiger partial charge in [0.2, 0.25) is 5.91 Å². The molecular weight excluding hydrogens is 470 g/mol. The summed E-state index contributed by atoms with van der Waals surface area (Å²) in [4.78, 5) is 29.6. The first-order valence-corrected chi connectivity index (χ1v) is 10.1. The number of aromatic nitrogens is 1. The van der Waals surface area contributed by atoms with E-state index in [1.807, 2.05) is 6.07 Å². The first-order valence-electron chi connectivity index (χ1n) is 9.30. The molecule has 3 amide bonds. The van der Waals surface area contributed by atoms with E-state index >= 15 is 0 Å². The Labute approximate surface area is 191 Å². The molecule has 0 spiro atoms. The number of benzene rings is 1. The van der Waals surface area contributed by atoms with Crippen molar-refractivity contribution < 1.29 is 22.8 Å². The zero-order valence-electron chi connectivity index (χ0n) is 16.5. The second kappa shape index (κ2) is 9.22. The normalized spacial score (nSPS) is 17.3. The lowest BCUT2D eigenvalue weighted by atomic mass is 9.98. The van der Waals surface area contributed by atoms with Gasteiger partial charge in [0.1, 0.15) is 12.1 Å². The summed E-state index contributed by atoms with van der Waals surface area (Å²) in [6.45, 7) is 2.05. The quantitative estimate of drug-likeness (QED) is 0.688. The van der Waals surface area contributed by atoms with Gasteiger partial charge in [-0.2, -0.15) is 18.4 Å². The smallest absolute Gasteiger partial charge is 0.353 e. The zero-order chi connectivity index (χ0) is 23.6. The SMILES string of the molecule is C[C@@H]1C(=O)NCCN1C(=O)NC(c1cnc(C(F)(F)F)c(Cl)c1)c1ccc(Cl)c(C#N)c1. The predicted octanol–water partition coefficient (Wildman–Crippen LogP) is 3.90. The van der Waals surface area contributed by atoms with Crippen molar-refractivity contribution in [2.24, 2.45) is 0 Å². The monoisotopic (exact) mass is 485 g/mol. The molecule has 12 heteroatoms. The molecule has 1 aromatic heterocycles. The zero-order valence-corrected chi connectivity index (χ0v) is 18.0. The van der Waals surface area contributed by atoms with Gasteiger partial charge in [0.05, 0.1) is 21.7 Å². The van der Waals surface area contributed by atoms with E-state index in [0.29, 0.717) is 5.56 Å². The molecule has 2 aromatic rings. The molecular formula is C20H16Cl2F3N5O2. The molecule has 1 fully saturated rings. The number of nitriles is 1. The largest absolute Gasteiger partial charge is 0.434 e. The lowest BCUT2D eigenvalue weighted by Crippen LogP contribution is -2.58. The number of piperazine rings is 1. The van der Waals surface area contributed by atoms with Crippen molar-refractivity contribution in [3.63, 3.8) is 0 Å². The van der Waals surface area contributed by atoms with Crippen LogP contribution in [0, 0.1) is 11.3 Å². The fourth-order valence-corrected chi connectivity index (χ4v) is 3.69. The Morgan fingerprint density at radius 1 is 1.31 bits per heavy atom. The summed E-state index contributed by atoms with van der Waals surface area (Å²) in [6.07, 6.45) is -3.80. The summed E-state index contributed by atoms with van der Waals surface area (Å²) in [5.41, 5.74) is -0.633. The Morgan fingerprint density at radius 3 is 2.66 bits per heavy atom. The number of pyridine rings is 1. The molecule has 2 heterocycles. The van der Waals surface area contributed by atoms with Crippen LogP contribution in [0.5, 0.6) is 0 Å². The lowest BCUT2D eigenvalue weighted by molar-refractivity contribution is -0.141. The van der Waals surface area contributed by atoms with Crippen LogP contribution in [0.1, 0.15) is 35.3 Å². The van der Waals surface area contributed by atoms with Gasteiger partial charge >= 0.3 is 12.2 Å². The third-order valence-corrected chi connectivity index (χ3v) is 5.55. The molecule has 1 aromatic carbocycles.